The third-order valence-corrected chi connectivity index (χ3v) is 1.23. The molecule has 0 fully saturated rings. The van der Waals surface area contributed by atoms with Gasteiger partial charge in [-0.1, -0.05) is 6.07 Å². The Balaban J connectivity index is -0.0000000825. The van der Waals surface area contributed by atoms with Gasteiger partial charge in [0.05, 0.1) is 0 Å². The molecule has 4 nitrogen and oxygen atoms in total. The molecule has 0 amide bonds. The summed E-state index contributed by atoms with van der Waals surface area (Å²) in [5.41, 5.74) is 0. The number of nitrogens with zero attached hydrogens (tertiary/aromatic N) is 1. The predicted molar refractivity (Wildman–Crippen MR) is 63.8 cm³/mol. The molecule has 0 atom stereocenters. The summed E-state index contributed by atoms with van der Waals surface area (Å²) in [7, 11) is 0. The monoisotopic (exact) mass is 291 g/mol. The van der Waals surface area contributed by atoms with Crippen molar-refractivity contribution in [3.63, 3.8) is 0 Å². The van der Waals surface area contributed by atoms with E-state index in [9.17, 15) is 0 Å². The molecule has 0 aromatic carbocycles. The molecule has 0 unspecified atom stereocenters. The smallest absolute Gasteiger partial charge is 0.0267 e. The number of hydrogen-bond donors (Lipinski definition) is 0. The molecule has 2 rings (SSSR count). The molecule has 0 saturated heterocycles. The van der Waals surface area contributed by atoms with Crippen molar-refractivity contribution >= 4 is 6.91 Å². The summed E-state index contributed by atoms with van der Waals surface area (Å²) in [6.07, 6.45) is 3.50. The molecule has 0 aliphatic heterocycles. The van der Waals surface area contributed by atoms with Crippen molar-refractivity contribution in [2.75, 3.05) is 0 Å². The summed E-state index contributed by atoms with van der Waals surface area (Å²) in [6.45, 7) is 15.5. The fourth-order valence-electron chi connectivity index (χ4n) is 0.698. The third kappa shape index (κ3) is 31.4. The second-order valence-electron chi connectivity index (χ2n) is 2.18. The molecule has 0 saturated carbocycles. The standard InChI is InChI=1S/C5H5B.C5H5N.3CO.Cr/c2*1-2-4-6-5-3-1;3*1-2;/h2*1-5H;;;;. The fourth-order valence-corrected chi connectivity index (χ4v) is 0.698. The maximum atomic E-state index is 7.50. The van der Waals surface area contributed by atoms with Crippen LogP contribution in [0.4, 0.5) is 0 Å². The first kappa shape index (κ1) is 26.0. The van der Waals surface area contributed by atoms with Crippen LogP contribution in [0.25, 0.3) is 0 Å². The van der Waals surface area contributed by atoms with Crippen molar-refractivity contribution in [2.24, 2.45) is 0 Å². The molecule has 2 heterocycles. The Morgan fingerprint density at radius 1 is 0.632 bits per heavy atom. The zero-order valence-electron chi connectivity index (χ0n) is 9.93. The van der Waals surface area contributed by atoms with Crippen molar-refractivity contribution in [1.29, 1.82) is 0 Å². The van der Waals surface area contributed by atoms with E-state index in [2.05, 4.69) is 24.9 Å². The Hall–Kier alpha value is -1.68. The minimum Gasteiger partial charge on any atom is -0.265 e. The van der Waals surface area contributed by atoms with E-state index < -0.39 is 0 Å². The molecule has 6 heteroatoms. The van der Waals surface area contributed by atoms with Gasteiger partial charge in [0.15, 0.2) is 0 Å². The SMILES string of the molecule is [C-]#[O+].[C-]#[O+].[C-]#[O+].[Cr].b1ccccc1.c1ccncc1. The molecule has 2 aromatic heterocycles. The van der Waals surface area contributed by atoms with Crippen molar-refractivity contribution in [1.82, 2.24) is 4.98 Å². The number of aromatic nitrogens is 1. The molecular formula is C13H10BCrNO3. The van der Waals surface area contributed by atoms with Crippen LogP contribution in [0.15, 0.2) is 60.7 Å². The zero-order valence-corrected chi connectivity index (χ0v) is 11.2. The number of rotatable bonds is 0. The molecule has 0 aliphatic rings. The van der Waals surface area contributed by atoms with Gasteiger partial charge in [-0.3, -0.25) is 4.98 Å². The van der Waals surface area contributed by atoms with E-state index in [4.69, 9.17) is 14.0 Å². The van der Waals surface area contributed by atoms with Gasteiger partial charge in [0.1, 0.15) is 0 Å². The summed E-state index contributed by atoms with van der Waals surface area (Å²) in [4.78, 5) is 3.78. The Kier molecular flexibility index (Phi) is 49.2. The summed E-state index contributed by atoms with van der Waals surface area (Å²) >= 11 is 0. The molecule has 0 N–H and O–H groups in total. The maximum absolute atomic E-state index is 7.50. The molecular weight excluding hydrogens is 281 g/mol. The van der Waals surface area contributed by atoms with Gasteiger partial charge in [-0.05, 0) is 12.1 Å². The van der Waals surface area contributed by atoms with Crippen molar-refractivity contribution in [3.05, 3.63) is 80.7 Å². The molecule has 2 aromatic rings. The first-order valence-electron chi connectivity index (χ1n) is 4.46. The number of hydrogen-bond acceptors (Lipinski definition) is 1. The average Bonchev–Trinajstić information content (AvgIpc) is 2.57. The van der Waals surface area contributed by atoms with Gasteiger partial charge in [-0.15, -0.1) is 0 Å². The first-order chi connectivity index (χ1) is 9.00. The van der Waals surface area contributed by atoms with E-state index in [0.717, 1.165) is 0 Å². The second kappa shape index (κ2) is 36.0. The molecule has 0 radical (unpaired) electrons. The van der Waals surface area contributed by atoms with Crippen molar-refractivity contribution in [2.45, 2.75) is 0 Å². The van der Waals surface area contributed by atoms with E-state index in [1.54, 1.807) is 12.4 Å². The summed E-state index contributed by atoms with van der Waals surface area (Å²) < 4.78 is 22.5. The summed E-state index contributed by atoms with van der Waals surface area (Å²) in [5, 5.41) is 0. The van der Waals surface area contributed by atoms with E-state index in [1.165, 1.54) is 0 Å². The van der Waals surface area contributed by atoms with Crippen molar-refractivity contribution in [3.8, 4) is 0 Å². The van der Waals surface area contributed by atoms with Crippen LogP contribution >= 0.6 is 0 Å². The minimum absolute atomic E-state index is 0. The Morgan fingerprint density at radius 2 is 1.00 bits per heavy atom. The van der Waals surface area contributed by atoms with E-state index in [0.29, 0.717) is 0 Å². The van der Waals surface area contributed by atoms with Crippen LogP contribution in [0.5, 0.6) is 0 Å². The summed E-state index contributed by atoms with van der Waals surface area (Å²) in [5.74, 6) is 4.00. The maximum Gasteiger partial charge on any atom is 0.0267 e. The van der Waals surface area contributed by atoms with Crippen LogP contribution in [-0.2, 0) is 31.3 Å². The van der Waals surface area contributed by atoms with Crippen LogP contribution in [-0.4, -0.2) is 11.9 Å². The molecule has 19 heavy (non-hydrogen) atoms. The van der Waals surface area contributed by atoms with Gasteiger partial charge < -0.3 is 0 Å². The molecule has 0 bridgehead atoms. The van der Waals surface area contributed by atoms with Crippen molar-refractivity contribution < 1.29 is 31.3 Å². The minimum atomic E-state index is 0. The van der Waals surface area contributed by atoms with E-state index in [-0.39, 0.29) is 17.4 Å². The van der Waals surface area contributed by atoms with Gasteiger partial charge in [0, 0.05) is 29.8 Å². The van der Waals surface area contributed by atoms with E-state index >= 15 is 0 Å². The second-order valence-corrected chi connectivity index (χ2v) is 2.18. The normalized spacial score (nSPS) is 5.16. The Labute approximate surface area is 124 Å². The Morgan fingerprint density at radius 3 is 1.11 bits per heavy atom. The van der Waals surface area contributed by atoms with Crippen LogP contribution < -0.4 is 0 Å². The van der Waals surface area contributed by atoms with Gasteiger partial charge >= 0.3 is 70.9 Å². The molecule has 94 valence electrons. The first-order valence-corrected chi connectivity index (χ1v) is 4.46. The van der Waals surface area contributed by atoms with Crippen LogP contribution in [0.2, 0.25) is 0 Å². The van der Waals surface area contributed by atoms with Crippen LogP contribution in [0, 0.1) is 20.0 Å². The Bertz CT molecular complexity index is 294. The quantitative estimate of drug-likeness (QED) is 0.540. The topological polar surface area (TPSA) is 72.6 Å². The number of pyridine rings is 1. The largest absolute Gasteiger partial charge is 0.265 e. The molecule has 0 aliphatic carbocycles. The van der Waals surface area contributed by atoms with Gasteiger partial charge in [-0.25, -0.2) is 0 Å². The van der Waals surface area contributed by atoms with Gasteiger partial charge in [0.25, 0.3) is 0 Å². The summed E-state index contributed by atoms with van der Waals surface area (Å²) in [6, 6.07) is 11.7. The molecule has 0 spiro atoms. The van der Waals surface area contributed by atoms with Crippen LogP contribution in [0.1, 0.15) is 0 Å². The zero-order chi connectivity index (χ0) is 14.5. The fraction of sp³-hybridized carbons (Fsp3) is 0. The predicted octanol–water partition coefficient (Wildman–Crippen LogP) is 1.99. The third-order valence-electron chi connectivity index (χ3n) is 1.23. The van der Waals surface area contributed by atoms with Crippen LogP contribution in [0.3, 0.4) is 0 Å². The van der Waals surface area contributed by atoms with Gasteiger partial charge in [0.2, 0.25) is 0 Å². The van der Waals surface area contributed by atoms with Gasteiger partial charge in [-0.2, -0.15) is 0 Å². The average molecular weight is 291 g/mol. The van der Waals surface area contributed by atoms with E-state index in [1.807, 2.05) is 55.2 Å².